The minimum Gasteiger partial charge on any atom is -0.496 e. The monoisotopic (exact) mass is 714 g/mol. The summed E-state index contributed by atoms with van der Waals surface area (Å²) < 4.78 is 62.5. The number of nitrogens with zero attached hydrogens (tertiary/aromatic N) is 2. The van der Waals surface area contributed by atoms with E-state index in [1.165, 1.54) is 31.9 Å². The van der Waals surface area contributed by atoms with Crippen molar-refractivity contribution in [1.82, 2.24) is 4.57 Å². The number of methoxy groups -OCH3 is 1. The van der Waals surface area contributed by atoms with Gasteiger partial charge in [-0.05, 0) is 57.9 Å². The standard InChI is InChI=1S/C32H22BrF3N2O5S2/c1-3-42-29(40)25-26(24-20-12-8-7-9-17(20)13-14-22(24)41-2)38-28(39)23(45-31(38)37-27(25)32(34,35)36)16-18-15-21(33)30(43-18)44-19-10-5-4-6-11-19/h4-16,26H,3H2,1-2H3/b23-16+/t26-/m0/s1. The van der Waals surface area contributed by atoms with Crippen LogP contribution in [0.5, 0.6) is 5.75 Å². The second-order valence-corrected chi connectivity index (χ2v) is 12.6. The minimum absolute atomic E-state index is 0.0575. The van der Waals surface area contributed by atoms with Crippen molar-refractivity contribution in [2.75, 3.05) is 13.7 Å². The molecule has 2 aromatic heterocycles. The van der Waals surface area contributed by atoms with Crippen LogP contribution in [-0.2, 0) is 9.53 Å². The first-order chi connectivity index (χ1) is 21.6. The lowest BCUT2D eigenvalue weighted by Gasteiger charge is -2.28. The van der Waals surface area contributed by atoms with Gasteiger partial charge in [-0.15, -0.1) is 0 Å². The van der Waals surface area contributed by atoms with Gasteiger partial charge >= 0.3 is 12.1 Å². The molecule has 1 aliphatic rings. The highest BCUT2D eigenvalue weighted by molar-refractivity contribution is 9.10. The van der Waals surface area contributed by atoms with E-state index in [9.17, 15) is 22.8 Å². The fraction of sp³-hybridized carbons (Fsp3) is 0.156. The van der Waals surface area contributed by atoms with E-state index in [2.05, 4.69) is 20.9 Å². The molecule has 230 valence electrons. The Kier molecular flexibility index (Phi) is 8.51. The van der Waals surface area contributed by atoms with E-state index < -0.39 is 35.0 Å². The van der Waals surface area contributed by atoms with Gasteiger partial charge in [-0.3, -0.25) is 9.36 Å². The summed E-state index contributed by atoms with van der Waals surface area (Å²) in [5.74, 6) is -0.748. The summed E-state index contributed by atoms with van der Waals surface area (Å²) in [6, 6.07) is 19.9. The van der Waals surface area contributed by atoms with Crippen molar-refractivity contribution < 1.29 is 31.9 Å². The normalized spacial score (nSPS) is 15.2. The summed E-state index contributed by atoms with van der Waals surface area (Å²) >= 11 is 5.60. The maximum Gasteiger partial charge on any atom is 0.434 e. The number of esters is 1. The fourth-order valence-electron chi connectivity index (χ4n) is 5.08. The number of hydrogen-bond donors (Lipinski definition) is 0. The summed E-state index contributed by atoms with van der Waals surface area (Å²) in [5, 5.41) is 1.70. The molecule has 0 radical (unpaired) electrons. The van der Waals surface area contributed by atoms with Crippen LogP contribution >= 0.6 is 39.0 Å². The van der Waals surface area contributed by atoms with Crippen molar-refractivity contribution in [2.24, 2.45) is 4.99 Å². The van der Waals surface area contributed by atoms with Crippen LogP contribution in [0.25, 0.3) is 16.8 Å². The molecule has 6 rings (SSSR count). The van der Waals surface area contributed by atoms with Gasteiger partial charge in [0, 0.05) is 16.5 Å². The predicted octanol–water partition coefficient (Wildman–Crippen LogP) is 7.01. The number of carbonyl (C=O) groups is 1. The van der Waals surface area contributed by atoms with E-state index in [4.69, 9.17) is 13.9 Å². The number of fused-ring (bicyclic) bond motifs is 2. The molecule has 13 heteroatoms. The van der Waals surface area contributed by atoms with Crippen LogP contribution in [0.1, 0.15) is 24.3 Å². The topological polar surface area (TPSA) is 83.0 Å². The summed E-state index contributed by atoms with van der Waals surface area (Å²) in [6.45, 7) is 1.30. The van der Waals surface area contributed by atoms with Gasteiger partial charge in [0.1, 0.15) is 17.6 Å². The Bertz CT molecular complexity index is 2150. The molecule has 0 N–H and O–H groups in total. The van der Waals surface area contributed by atoms with E-state index in [0.717, 1.165) is 20.8 Å². The second-order valence-electron chi connectivity index (χ2n) is 9.67. The molecule has 7 nitrogen and oxygen atoms in total. The summed E-state index contributed by atoms with van der Waals surface area (Å²) in [4.78, 5) is 32.0. The first-order valence-corrected chi connectivity index (χ1v) is 15.9. The Balaban J connectivity index is 1.61. The Hall–Kier alpha value is -4.07. The average Bonchev–Trinajstić information content (AvgIpc) is 3.53. The molecular formula is C32H22BrF3N2O5S2. The van der Waals surface area contributed by atoms with Crippen molar-refractivity contribution in [3.8, 4) is 5.75 Å². The van der Waals surface area contributed by atoms with Gasteiger partial charge in [-0.1, -0.05) is 71.6 Å². The lowest BCUT2D eigenvalue weighted by Crippen LogP contribution is -2.41. The second kappa shape index (κ2) is 12.4. The number of benzene rings is 3. The highest BCUT2D eigenvalue weighted by atomic mass is 79.9. The summed E-state index contributed by atoms with van der Waals surface area (Å²) in [5.41, 5.74) is -2.70. The zero-order valence-corrected chi connectivity index (χ0v) is 26.8. The van der Waals surface area contributed by atoms with Crippen molar-refractivity contribution in [2.45, 2.75) is 29.1 Å². The maximum atomic E-state index is 14.6. The third kappa shape index (κ3) is 5.87. The van der Waals surface area contributed by atoms with Gasteiger partial charge in [0.2, 0.25) is 0 Å². The molecule has 0 spiro atoms. The molecule has 3 heterocycles. The number of ether oxygens (including phenoxy) is 2. The molecule has 0 fully saturated rings. The van der Waals surface area contributed by atoms with Crippen LogP contribution in [0.4, 0.5) is 13.2 Å². The quantitative estimate of drug-likeness (QED) is 0.169. The van der Waals surface area contributed by atoms with Crippen LogP contribution in [-0.4, -0.2) is 30.4 Å². The molecule has 3 aromatic carbocycles. The molecule has 0 amide bonds. The van der Waals surface area contributed by atoms with Crippen molar-refractivity contribution in [3.05, 3.63) is 120 Å². The van der Waals surface area contributed by atoms with Gasteiger partial charge in [-0.25, -0.2) is 9.79 Å². The third-order valence-electron chi connectivity index (χ3n) is 6.92. The Morgan fingerprint density at radius 3 is 2.58 bits per heavy atom. The van der Waals surface area contributed by atoms with Crippen LogP contribution in [0.15, 0.2) is 113 Å². The molecule has 1 aliphatic heterocycles. The number of carbonyl (C=O) groups excluding carboxylic acids is 1. The molecule has 0 saturated heterocycles. The Morgan fingerprint density at radius 1 is 1.13 bits per heavy atom. The predicted molar refractivity (Wildman–Crippen MR) is 168 cm³/mol. The molecule has 1 atom stereocenters. The molecule has 45 heavy (non-hydrogen) atoms. The van der Waals surface area contributed by atoms with Crippen molar-refractivity contribution in [1.29, 1.82) is 0 Å². The lowest BCUT2D eigenvalue weighted by atomic mass is 9.90. The number of furan rings is 1. The molecule has 0 saturated carbocycles. The van der Waals surface area contributed by atoms with Gasteiger partial charge in [0.25, 0.3) is 5.56 Å². The number of rotatable bonds is 7. The molecular weight excluding hydrogens is 693 g/mol. The first-order valence-electron chi connectivity index (χ1n) is 13.5. The van der Waals surface area contributed by atoms with E-state index >= 15 is 0 Å². The highest BCUT2D eigenvalue weighted by Gasteiger charge is 2.46. The molecule has 0 aliphatic carbocycles. The summed E-state index contributed by atoms with van der Waals surface area (Å²) in [6.07, 6.45) is -3.59. The Morgan fingerprint density at radius 2 is 1.87 bits per heavy atom. The number of halogens is 4. The number of aromatic nitrogens is 1. The van der Waals surface area contributed by atoms with Crippen molar-refractivity contribution >= 4 is 61.8 Å². The van der Waals surface area contributed by atoms with Crippen molar-refractivity contribution in [3.63, 3.8) is 0 Å². The first kappa shape index (κ1) is 30.9. The Labute approximate surface area is 270 Å². The largest absolute Gasteiger partial charge is 0.496 e. The zero-order valence-electron chi connectivity index (χ0n) is 23.6. The summed E-state index contributed by atoms with van der Waals surface area (Å²) in [7, 11) is 1.37. The van der Waals surface area contributed by atoms with Gasteiger partial charge in [0.15, 0.2) is 15.6 Å². The van der Waals surface area contributed by atoms with Crippen LogP contribution in [0.3, 0.4) is 0 Å². The fourth-order valence-corrected chi connectivity index (χ4v) is 7.42. The van der Waals surface area contributed by atoms with E-state index in [1.807, 2.05) is 30.3 Å². The number of thiazole rings is 1. The minimum atomic E-state index is -5.04. The van der Waals surface area contributed by atoms with Crippen LogP contribution < -0.4 is 19.6 Å². The number of alkyl halides is 3. The maximum absolute atomic E-state index is 14.6. The van der Waals surface area contributed by atoms with Gasteiger partial charge in [0.05, 0.1) is 28.3 Å². The number of allylic oxidation sites excluding steroid dienone is 1. The smallest absolute Gasteiger partial charge is 0.434 e. The highest BCUT2D eigenvalue weighted by Crippen LogP contribution is 2.43. The van der Waals surface area contributed by atoms with E-state index in [0.29, 0.717) is 26.1 Å². The van der Waals surface area contributed by atoms with Crippen LogP contribution in [0.2, 0.25) is 0 Å². The molecule has 5 aromatic rings. The zero-order chi connectivity index (χ0) is 31.9. The van der Waals surface area contributed by atoms with Crippen LogP contribution in [0, 0.1) is 0 Å². The molecule has 0 unspecified atom stereocenters. The number of hydrogen-bond acceptors (Lipinski definition) is 8. The third-order valence-corrected chi connectivity index (χ3v) is 9.75. The molecule has 0 bridgehead atoms. The van der Waals surface area contributed by atoms with Gasteiger partial charge < -0.3 is 13.9 Å². The van der Waals surface area contributed by atoms with Gasteiger partial charge in [-0.2, -0.15) is 13.2 Å². The van der Waals surface area contributed by atoms with E-state index in [1.54, 1.807) is 42.5 Å². The SMILES string of the molecule is CCOC(=O)C1=C(C(F)(F)F)N=c2s/c(=C/c3cc(Br)c(Sc4ccccc4)o3)c(=O)n2[C@H]1c1c(OC)ccc2ccccc12. The lowest BCUT2D eigenvalue weighted by molar-refractivity contribution is -0.140. The average molecular weight is 716 g/mol. The van der Waals surface area contributed by atoms with E-state index in [-0.39, 0.29) is 27.3 Å².